The monoisotopic (exact) mass is 404 g/mol. The minimum atomic E-state index is 0.0675. The molecule has 5 rings (SSSR count). The first-order chi connectivity index (χ1) is 14.7. The van der Waals surface area contributed by atoms with Gasteiger partial charge in [0.2, 0.25) is 0 Å². The van der Waals surface area contributed by atoms with Crippen LogP contribution in [0.2, 0.25) is 0 Å². The third-order valence-electron chi connectivity index (χ3n) is 6.74. The first kappa shape index (κ1) is 19.2. The van der Waals surface area contributed by atoms with Crippen molar-refractivity contribution in [2.45, 2.75) is 51.9 Å². The van der Waals surface area contributed by atoms with Crippen LogP contribution in [0.1, 0.15) is 71.0 Å². The van der Waals surface area contributed by atoms with Gasteiger partial charge in [0.1, 0.15) is 11.5 Å². The zero-order chi connectivity index (χ0) is 20.7. The molecule has 0 aromatic carbocycles. The number of amides is 1. The number of piperidine rings is 1. The van der Waals surface area contributed by atoms with E-state index in [0.29, 0.717) is 11.3 Å². The molecule has 1 fully saturated rings. The molecular weight excluding hydrogens is 376 g/mol. The van der Waals surface area contributed by atoms with E-state index in [2.05, 4.69) is 22.9 Å². The van der Waals surface area contributed by atoms with Crippen molar-refractivity contribution in [2.75, 3.05) is 24.5 Å². The predicted molar refractivity (Wildman–Crippen MR) is 115 cm³/mol. The Kier molecular flexibility index (Phi) is 5.01. The Morgan fingerprint density at radius 2 is 1.87 bits per heavy atom. The number of anilines is 2. The molecule has 1 aliphatic carbocycles. The maximum Gasteiger partial charge on any atom is 0.255 e. The zero-order valence-corrected chi connectivity index (χ0v) is 17.6. The van der Waals surface area contributed by atoms with Crippen molar-refractivity contribution in [1.29, 1.82) is 0 Å². The number of pyridine rings is 2. The van der Waals surface area contributed by atoms with Crippen molar-refractivity contribution in [3.8, 4) is 0 Å². The number of likely N-dealkylation sites (tertiary alicyclic amines) is 1. The maximum absolute atomic E-state index is 12.9. The van der Waals surface area contributed by atoms with E-state index in [1.807, 2.05) is 11.0 Å². The van der Waals surface area contributed by atoms with E-state index in [9.17, 15) is 9.59 Å². The summed E-state index contributed by atoms with van der Waals surface area (Å²) in [5, 5.41) is 0. The Hall–Kier alpha value is -2.76. The lowest BCUT2D eigenvalue weighted by Crippen LogP contribution is -2.36. The lowest BCUT2D eigenvalue weighted by molar-refractivity contribution is 0.0723. The second kappa shape index (κ2) is 7.82. The molecule has 3 aliphatic rings. The van der Waals surface area contributed by atoms with Gasteiger partial charge in [0.05, 0.1) is 17.4 Å². The summed E-state index contributed by atoms with van der Waals surface area (Å²) in [7, 11) is 0. The predicted octanol–water partition coefficient (Wildman–Crippen LogP) is 3.95. The van der Waals surface area contributed by atoms with E-state index in [0.717, 1.165) is 80.8 Å². The molecule has 0 radical (unpaired) electrons. The van der Waals surface area contributed by atoms with Crippen LogP contribution in [-0.2, 0) is 12.8 Å². The quantitative estimate of drug-likeness (QED) is 0.775. The molecule has 2 aromatic rings. The molecule has 1 amide bonds. The number of aromatic nitrogens is 2. The molecule has 0 spiro atoms. The lowest BCUT2D eigenvalue weighted by Gasteiger charge is -2.31. The summed E-state index contributed by atoms with van der Waals surface area (Å²) >= 11 is 0. The average Bonchev–Trinajstić information content (AvgIpc) is 3.13. The number of aryl methyl sites for hydroxylation is 1. The molecule has 2 aromatic heterocycles. The van der Waals surface area contributed by atoms with Crippen LogP contribution in [0.15, 0.2) is 24.5 Å². The lowest BCUT2D eigenvalue weighted by atomic mass is 10.0. The van der Waals surface area contributed by atoms with Crippen LogP contribution < -0.4 is 4.90 Å². The first-order valence-corrected chi connectivity index (χ1v) is 11.2. The second-order valence-electron chi connectivity index (χ2n) is 8.69. The average molecular weight is 405 g/mol. The summed E-state index contributed by atoms with van der Waals surface area (Å²) in [5.74, 6) is 1.26. The molecule has 0 bridgehead atoms. The Bertz CT molecular complexity index is 997. The topological polar surface area (TPSA) is 66.4 Å². The van der Waals surface area contributed by atoms with Crippen LogP contribution >= 0.6 is 0 Å². The van der Waals surface area contributed by atoms with Crippen LogP contribution in [0.5, 0.6) is 0 Å². The summed E-state index contributed by atoms with van der Waals surface area (Å²) in [5.41, 5.74) is 4.49. The Labute approximate surface area is 177 Å². The van der Waals surface area contributed by atoms with Gasteiger partial charge in [-0.2, -0.15) is 0 Å². The molecular formula is C24H28N4O2. The first-order valence-electron chi connectivity index (χ1n) is 11.2. The Morgan fingerprint density at radius 1 is 1.03 bits per heavy atom. The van der Waals surface area contributed by atoms with Crippen molar-refractivity contribution < 1.29 is 9.59 Å². The van der Waals surface area contributed by atoms with E-state index in [4.69, 9.17) is 4.98 Å². The fourth-order valence-electron chi connectivity index (χ4n) is 5.02. The maximum atomic E-state index is 12.9. The van der Waals surface area contributed by atoms with Crippen LogP contribution in [-0.4, -0.2) is 46.2 Å². The SMILES string of the molecule is CCC1Cc2cc(N3CCCc4cc(C(=O)N5CCCCC5)cnc43)cnc2C1=O. The number of nitrogens with zero attached hydrogens (tertiary/aromatic N) is 4. The number of carbonyl (C=O) groups excluding carboxylic acids is 2. The van der Waals surface area contributed by atoms with Crippen LogP contribution in [0, 0.1) is 5.92 Å². The van der Waals surface area contributed by atoms with Gasteiger partial charge in [-0.25, -0.2) is 4.98 Å². The Morgan fingerprint density at radius 3 is 2.67 bits per heavy atom. The minimum absolute atomic E-state index is 0.0675. The molecule has 2 aliphatic heterocycles. The van der Waals surface area contributed by atoms with Gasteiger partial charge in [0, 0.05) is 31.7 Å². The molecule has 6 nitrogen and oxygen atoms in total. The molecule has 156 valence electrons. The Balaban J connectivity index is 1.42. The van der Waals surface area contributed by atoms with E-state index in [1.54, 1.807) is 12.4 Å². The molecule has 1 saturated heterocycles. The minimum Gasteiger partial charge on any atom is -0.339 e. The number of carbonyl (C=O) groups is 2. The van der Waals surface area contributed by atoms with E-state index in [-0.39, 0.29) is 17.6 Å². The van der Waals surface area contributed by atoms with Gasteiger partial charge in [0.25, 0.3) is 5.91 Å². The van der Waals surface area contributed by atoms with Gasteiger partial charge in [-0.05, 0) is 68.2 Å². The highest BCUT2D eigenvalue weighted by Crippen LogP contribution is 2.35. The largest absolute Gasteiger partial charge is 0.339 e. The van der Waals surface area contributed by atoms with Crippen molar-refractivity contribution in [2.24, 2.45) is 5.92 Å². The summed E-state index contributed by atoms with van der Waals surface area (Å²) in [6.45, 7) is 4.62. The van der Waals surface area contributed by atoms with Crippen molar-refractivity contribution in [3.63, 3.8) is 0 Å². The van der Waals surface area contributed by atoms with Gasteiger partial charge in [-0.1, -0.05) is 6.92 Å². The van der Waals surface area contributed by atoms with Crippen molar-refractivity contribution in [3.05, 3.63) is 46.9 Å². The summed E-state index contributed by atoms with van der Waals surface area (Å²) in [6, 6.07) is 4.14. The highest BCUT2D eigenvalue weighted by molar-refractivity contribution is 6.00. The molecule has 0 saturated carbocycles. The van der Waals surface area contributed by atoms with Crippen LogP contribution in [0.25, 0.3) is 0 Å². The summed E-state index contributed by atoms with van der Waals surface area (Å²) < 4.78 is 0. The van der Waals surface area contributed by atoms with Gasteiger partial charge in [0.15, 0.2) is 5.78 Å². The normalized spacial score (nSPS) is 20.8. The van der Waals surface area contributed by atoms with Gasteiger partial charge in [-0.15, -0.1) is 0 Å². The number of fused-ring (bicyclic) bond motifs is 2. The smallest absolute Gasteiger partial charge is 0.255 e. The van der Waals surface area contributed by atoms with Gasteiger partial charge >= 0.3 is 0 Å². The van der Waals surface area contributed by atoms with E-state index >= 15 is 0 Å². The fraction of sp³-hybridized carbons (Fsp3) is 0.500. The number of ketones is 1. The summed E-state index contributed by atoms with van der Waals surface area (Å²) in [6.07, 6.45) is 10.5. The molecule has 0 N–H and O–H groups in total. The van der Waals surface area contributed by atoms with Crippen LogP contribution in [0.4, 0.5) is 11.5 Å². The van der Waals surface area contributed by atoms with E-state index < -0.39 is 0 Å². The fourth-order valence-corrected chi connectivity index (χ4v) is 5.02. The third kappa shape index (κ3) is 3.28. The van der Waals surface area contributed by atoms with Crippen molar-refractivity contribution >= 4 is 23.2 Å². The zero-order valence-electron chi connectivity index (χ0n) is 17.6. The highest BCUT2D eigenvalue weighted by Gasteiger charge is 2.32. The summed E-state index contributed by atoms with van der Waals surface area (Å²) in [4.78, 5) is 38.7. The van der Waals surface area contributed by atoms with Gasteiger partial charge in [-0.3, -0.25) is 14.6 Å². The molecule has 30 heavy (non-hydrogen) atoms. The molecule has 1 atom stereocenters. The number of Topliss-reactive ketones (excluding diaryl/α,β-unsaturated/α-hetero) is 1. The van der Waals surface area contributed by atoms with E-state index in [1.165, 1.54) is 6.42 Å². The molecule has 4 heterocycles. The highest BCUT2D eigenvalue weighted by atomic mass is 16.2. The molecule has 1 unspecified atom stereocenters. The number of rotatable bonds is 3. The van der Waals surface area contributed by atoms with Gasteiger partial charge < -0.3 is 9.80 Å². The second-order valence-corrected chi connectivity index (χ2v) is 8.69. The standard InChI is InChI=1S/C24H28N4O2/c1-2-16-11-18-13-20(15-25-21(18)22(16)29)28-10-6-7-17-12-19(14-26-23(17)28)24(30)27-8-4-3-5-9-27/h12-16H,2-11H2,1H3. The number of hydrogen-bond acceptors (Lipinski definition) is 5. The van der Waals surface area contributed by atoms with Crippen molar-refractivity contribution in [1.82, 2.24) is 14.9 Å². The molecule has 6 heteroatoms. The number of hydrogen-bond donors (Lipinski definition) is 0. The van der Waals surface area contributed by atoms with Crippen LogP contribution in [0.3, 0.4) is 0 Å². The third-order valence-corrected chi connectivity index (χ3v) is 6.74.